The van der Waals surface area contributed by atoms with Crippen molar-refractivity contribution in [1.82, 2.24) is 0 Å². The molecule has 1 aromatic carbocycles. The quantitative estimate of drug-likeness (QED) is 0.547. The molecule has 0 spiro atoms. The van der Waals surface area contributed by atoms with Gasteiger partial charge in [-0.2, -0.15) is 8.42 Å². The predicted molar refractivity (Wildman–Crippen MR) is 43.0 cm³/mol. The van der Waals surface area contributed by atoms with E-state index in [4.69, 9.17) is 10.3 Å². The van der Waals surface area contributed by atoms with E-state index < -0.39 is 16.2 Å². The van der Waals surface area contributed by atoms with E-state index in [1.54, 1.807) is 0 Å². The smallest absolute Gasteiger partial charge is 0.396 e. The lowest BCUT2D eigenvalue weighted by Gasteiger charge is -2.01. The molecule has 1 rings (SSSR count). The van der Waals surface area contributed by atoms with Crippen LogP contribution in [0, 0.1) is 5.82 Å². The van der Waals surface area contributed by atoms with Crippen molar-refractivity contribution in [2.75, 3.05) is 5.73 Å². The van der Waals surface area contributed by atoms with Crippen LogP contribution in [0.1, 0.15) is 0 Å². The second-order valence-electron chi connectivity index (χ2n) is 2.19. The highest BCUT2D eigenvalue weighted by atomic mass is 32.3. The van der Waals surface area contributed by atoms with Crippen molar-refractivity contribution in [2.45, 2.75) is 0 Å². The molecule has 5 nitrogen and oxygen atoms in total. The topological polar surface area (TPSA) is 89.6 Å². The van der Waals surface area contributed by atoms with Crippen molar-refractivity contribution in [2.24, 2.45) is 0 Å². The molecular formula is C6H6FNO4S. The van der Waals surface area contributed by atoms with Crippen LogP contribution in [0.3, 0.4) is 0 Å². The van der Waals surface area contributed by atoms with Crippen LogP contribution in [0.5, 0.6) is 5.75 Å². The fraction of sp³-hybridized carbons (Fsp3) is 0. The predicted octanol–water partition coefficient (Wildman–Crippen LogP) is 0.589. The molecule has 0 saturated heterocycles. The Labute approximate surface area is 73.9 Å². The van der Waals surface area contributed by atoms with Crippen molar-refractivity contribution in [1.29, 1.82) is 0 Å². The maximum atomic E-state index is 12.7. The standard InChI is InChI=1S/C6H6FNO4S/c7-5-3-4(1-2-6(5)8)12-13(9,10)11/h1-3H,8H2,(H,9,10,11). The van der Waals surface area contributed by atoms with Gasteiger partial charge in [0.05, 0.1) is 5.69 Å². The van der Waals surface area contributed by atoms with Gasteiger partial charge in [-0.15, -0.1) is 0 Å². The van der Waals surface area contributed by atoms with Crippen LogP contribution in [0.4, 0.5) is 10.1 Å². The first kappa shape index (κ1) is 9.75. The molecule has 72 valence electrons. The number of hydrogen-bond donors (Lipinski definition) is 2. The summed E-state index contributed by atoms with van der Waals surface area (Å²) in [5, 5.41) is 0. The molecule has 1 aromatic rings. The normalized spacial score (nSPS) is 11.2. The summed E-state index contributed by atoms with van der Waals surface area (Å²) < 4.78 is 45.2. The highest BCUT2D eigenvalue weighted by Crippen LogP contribution is 2.18. The second kappa shape index (κ2) is 3.19. The fourth-order valence-electron chi connectivity index (χ4n) is 0.681. The summed E-state index contributed by atoms with van der Waals surface area (Å²) in [5.74, 6) is -1.16. The molecule has 0 bridgehead atoms. The van der Waals surface area contributed by atoms with Crippen molar-refractivity contribution >= 4 is 16.1 Å². The minimum Gasteiger partial charge on any atom is -0.396 e. The summed E-state index contributed by atoms with van der Waals surface area (Å²) in [6, 6.07) is 2.99. The summed E-state index contributed by atoms with van der Waals surface area (Å²) in [4.78, 5) is 0. The zero-order chi connectivity index (χ0) is 10.1. The number of rotatable bonds is 2. The summed E-state index contributed by atoms with van der Waals surface area (Å²) in [7, 11) is -4.61. The Balaban J connectivity index is 2.99. The maximum Gasteiger partial charge on any atom is 0.446 e. The molecule has 0 fully saturated rings. The van der Waals surface area contributed by atoms with Gasteiger partial charge in [-0.05, 0) is 12.1 Å². The molecular weight excluding hydrogens is 201 g/mol. The van der Waals surface area contributed by atoms with E-state index in [0.29, 0.717) is 0 Å². The maximum absolute atomic E-state index is 12.7. The Morgan fingerprint density at radius 3 is 2.54 bits per heavy atom. The van der Waals surface area contributed by atoms with Crippen molar-refractivity contribution in [3.63, 3.8) is 0 Å². The molecule has 0 atom stereocenters. The van der Waals surface area contributed by atoms with Gasteiger partial charge in [0.1, 0.15) is 11.6 Å². The molecule has 0 aromatic heterocycles. The molecule has 0 saturated carbocycles. The monoisotopic (exact) mass is 207 g/mol. The van der Waals surface area contributed by atoms with Crippen LogP contribution in [-0.2, 0) is 10.4 Å². The van der Waals surface area contributed by atoms with E-state index in [2.05, 4.69) is 4.18 Å². The number of benzene rings is 1. The van der Waals surface area contributed by atoms with Gasteiger partial charge in [-0.3, -0.25) is 4.55 Å². The first-order valence-electron chi connectivity index (χ1n) is 3.10. The Kier molecular flexibility index (Phi) is 2.39. The van der Waals surface area contributed by atoms with Crippen LogP contribution in [0.15, 0.2) is 18.2 Å². The SMILES string of the molecule is Nc1ccc(OS(=O)(=O)O)cc1F. The zero-order valence-corrected chi connectivity index (χ0v) is 7.08. The third kappa shape index (κ3) is 2.88. The van der Waals surface area contributed by atoms with Gasteiger partial charge in [0.15, 0.2) is 0 Å². The van der Waals surface area contributed by atoms with Crippen LogP contribution < -0.4 is 9.92 Å². The highest BCUT2D eigenvalue weighted by molar-refractivity contribution is 7.81. The average molecular weight is 207 g/mol. The van der Waals surface area contributed by atoms with Gasteiger partial charge in [0, 0.05) is 6.07 Å². The first-order chi connectivity index (χ1) is 5.88. The zero-order valence-electron chi connectivity index (χ0n) is 6.27. The molecule has 0 aliphatic carbocycles. The van der Waals surface area contributed by atoms with E-state index in [0.717, 1.165) is 18.2 Å². The summed E-state index contributed by atoms with van der Waals surface area (Å²) in [6.45, 7) is 0. The van der Waals surface area contributed by atoms with Gasteiger partial charge < -0.3 is 9.92 Å². The van der Waals surface area contributed by atoms with Crippen molar-refractivity contribution < 1.29 is 21.5 Å². The fourth-order valence-corrected chi connectivity index (χ4v) is 1.03. The second-order valence-corrected chi connectivity index (χ2v) is 3.22. The Morgan fingerprint density at radius 2 is 2.08 bits per heavy atom. The summed E-state index contributed by atoms with van der Waals surface area (Å²) in [6.07, 6.45) is 0. The van der Waals surface area contributed by atoms with E-state index >= 15 is 0 Å². The molecule has 0 radical (unpaired) electrons. The Hall–Kier alpha value is -1.34. The van der Waals surface area contributed by atoms with E-state index in [1.165, 1.54) is 0 Å². The van der Waals surface area contributed by atoms with Crippen LogP contribution in [-0.4, -0.2) is 13.0 Å². The molecule has 0 unspecified atom stereocenters. The minimum absolute atomic E-state index is 0.136. The first-order valence-corrected chi connectivity index (χ1v) is 4.47. The van der Waals surface area contributed by atoms with Gasteiger partial charge in [-0.1, -0.05) is 0 Å². The van der Waals surface area contributed by atoms with Crippen molar-refractivity contribution in [3.8, 4) is 5.75 Å². The number of halogens is 1. The molecule has 3 N–H and O–H groups in total. The third-order valence-electron chi connectivity index (χ3n) is 1.17. The minimum atomic E-state index is -4.61. The number of hydrogen-bond acceptors (Lipinski definition) is 4. The third-order valence-corrected chi connectivity index (χ3v) is 1.58. The number of nitrogen functional groups attached to an aromatic ring is 1. The summed E-state index contributed by atoms with van der Waals surface area (Å²) >= 11 is 0. The molecule has 0 aliphatic heterocycles. The van der Waals surface area contributed by atoms with E-state index in [-0.39, 0.29) is 11.4 Å². The highest BCUT2D eigenvalue weighted by Gasteiger charge is 2.08. The van der Waals surface area contributed by atoms with Crippen LogP contribution >= 0.6 is 0 Å². The van der Waals surface area contributed by atoms with Gasteiger partial charge in [-0.25, -0.2) is 4.39 Å². The lowest BCUT2D eigenvalue weighted by molar-refractivity contribution is 0.386. The molecule has 7 heteroatoms. The lowest BCUT2D eigenvalue weighted by Crippen LogP contribution is -2.07. The van der Waals surface area contributed by atoms with Crippen LogP contribution in [0.2, 0.25) is 0 Å². The van der Waals surface area contributed by atoms with Crippen molar-refractivity contribution in [3.05, 3.63) is 24.0 Å². The summed E-state index contributed by atoms with van der Waals surface area (Å²) in [5.41, 5.74) is 4.97. The Bertz CT molecular complexity index is 417. The molecule has 0 heterocycles. The molecule has 13 heavy (non-hydrogen) atoms. The average Bonchev–Trinajstić information content (AvgIpc) is 1.94. The number of anilines is 1. The number of nitrogens with two attached hydrogens (primary N) is 1. The van der Waals surface area contributed by atoms with Gasteiger partial charge in [0.2, 0.25) is 0 Å². The lowest BCUT2D eigenvalue weighted by atomic mass is 10.3. The van der Waals surface area contributed by atoms with Crippen LogP contribution in [0.25, 0.3) is 0 Å². The van der Waals surface area contributed by atoms with Gasteiger partial charge >= 0.3 is 10.4 Å². The Morgan fingerprint density at radius 1 is 1.46 bits per heavy atom. The molecule has 0 amide bonds. The largest absolute Gasteiger partial charge is 0.446 e. The van der Waals surface area contributed by atoms with E-state index in [9.17, 15) is 12.8 Å². The van der Waals surface area contributed by atoms with E-state index in [1.807, 2.05) is 0 Å². The molecule has 0 aliphatic rings. The van der Waals surface area contributed by atoms with Gasteiger partial charge in [0.25, 0.3) is 0 Å².